The average Bonchev–Trinajstić information content (AvgIpc) is 2.99. The van der Waals surface area contributed by atoms with E-state index in [2.05, 4.69) is 20.8 Å². The van der Waals surface area contributed by atoms with E-state index in [0.717, 1.165) is 5.56 Å². The van der Waals surface area contributed by atoms with Gasteiger partial charge in [-0.05, 0) is 18.1 Å². The Hall–Kier alpha value is -2.83. The predicted octanol–water partition coefficient (Wildman–Crippen LogP) is 1.15. The maximum Gasteiger partial charge on any atom is 0.335 e. The summed E-state index contributed by atoms with van der Waals surface area (Å²) < 4.78 is 0. The molecule has 0 spiro atoms. The number of hydrogen-bond donors (Lipinski definition) is 4. The van der Waals surface area contributed by atoms with E-state index >= 15 is 0 Å². The van der Waals surface area contributed by atoms with E-state index in [9.17, 15) is 9.59 Å². The molecular weight excluding hydrogens is 272 g/mol. The highest BCUT2D eigenvalue weighted by molar-refractivity contribution is 5.89. The molecule has 1 aromatic carbocycles. The summed E-state index contributed by atoms with van der Waals surface area (Å²) in [5.41, 5.74) is 1.83. The lowest BCUT2D eigenvalue weighted by Gasteiger charge is -2.08. The molecule has 0 atom stereocenters. The number of hydrogen-bond acceptors (Lipinski definition) is 3. The fourth-order valence-electron chi connectivity index (χ4n) is 1.88. The number of amides is 2. The molecule has 7 nitrogen and oxygen atoms in total. The molecule has 0 saturated carbocycles. The van der Waals surface area contributed by atoms with Crippen molar-refractivity contribution in [3.8, 4) is 0 Å². The smallest absolute Gasteiger partial charge is 0.335 e. The van der Waals surface area contributed by atoms with Crippen molar-refractivity contribution in [2.45, 2.75) is 13.0 Å². The summed E-state index contributed by atoms with van der Waals surface area (Å²) in [7, 11) is 0. The maximum atomic E-state index is 11.6. The van der Waals surface area contributed by atoms with Crippen LogP contribution in [-0.2, 0) is 13.0 Å². The number of nitrogens with one attached hydrogen (secondary N) is 3. The van der Waals surface area contributed by atoms with Crippen molar-refractivity contribution in [2.24, 2.45) is 0 Å². The van der Waals surface area contributed by atoms with Gasteiger partial charge in [0, 0.05) is 24.8 Å². The Morgan fingerprint density at radius 2 is 2.05 bits per heavy atom. The second-order valence-corrected chi connectivity index (χ2v) is 4.43. The number of urea groups is 1. The third-order valence-electron chi connectivity index (χ3n) is 2.94. The number of carboxylic acids is 1. The molecule has 21 heavy (non-hydrogen) atoms. The van der Waals surface area contributed by atoms with Crippen LogP contribution in [0.15, 0.2) is 36.7 Å². The predicted molar refractivity (Wildman–Crippen MR) is 75.9 cm³/mol. The summed E-state index contributed by atoms with van der Waals surface area (Å²) in [4.78, 5) is 22.6. The first kappa shape index (κ1) is 14.6. The highest BCUT2D eigenvalue weighted by atomic mass is 16.4. The number of rotatable bonds is 6. The van der Waals surface area contributed by atoms with Crippen molar-refractivity contribution >= 4 is 12.0 Å². The average molecular weight is 288 g/mol. The van der Waals surface area contributed by atoms with E-state index in [1.165, 1.54) is 0 Å². The van der Waals surface area contributed by atoms with Gasteiger partial charge in [-0.25, -0.2) is 9.59 Å². The molecule has 0 radical (unpaired) electrons. The summed E-state index contributed by atoms with van der Waals surface area (Å²) in [5, 5.41) is 20.9. The summed E-state index contributed by atoms with van der Waals surface area (Å²) in [5.74, 6) is -0.963. The number of carbonyl (C=O) groups excluding carboxylic acids is 1. The Kier molecular flexibility index (Phi) is 4.92. The molecule has 0 aliphatic rings. The molecule has 0 fully saturated rings. The SMILES string of the molecule is O=C(NCCc1ccccc1C(=O)O)NCc1cn[nH]c1. The molecule has 1 aromatic heterocycles. The van der Waals surface area contributed by atoms with E-state index < -0.39 is 5.97 Å². The molecule has 2 aromatic rings. The Balaban J connectivity index is 1.76. The van der Waals surface area contributed by atoms with Crippen LogP contribution in [0.4, 0.5) is 4.79 Å². The standard InChI is InChI=1S/C14H16N4O3/c19-13(20)12-4-2-1-3-11(12)5-6-15-14(21)16-7-10-8-17-18-9-10/h1-4,8-9H,5-7H2,(H,17,18)(H,19,20)(H2,15,16,21). The van der Waals surface area contributed by atoms with Crippen LogP contribution in [0.1, 0.15) is 21.5 Å². The van der Waals surface area contributed by atoms with Crippen LogP contribution in [-0.4, -0.2) is 33.8 Å². The van der Waals surface area contributed by atoms with Gasteiger partial charge in [0.05, 0.1) is 11.8 Å². The topological polar surface area (TPSA) is 107 Å². The number of nitrogens with zero attached hydrogens (tertiary/aromatic N) is 1. The van der Waals surface area contributed by atoms with Crippen LogP contribution < -0.4 is 10.6 Å². The summed E-state index contributed by atoms with van der Waals surface area (Å²) in [6.07, 6.45) is 3.79. The first-order valence-corrected chi connectivity index (χ1v) is 6.47. The van der Waals surface area contributed by atoms with E-state index in [4.69, 9.17) is 5.11 Å². The second kappa shape index (κ2) is 7.09. The van der Waals surface area contributed by atoms with E-state index in [0.29, 0.717) is 25.1 Å². The summed E-state index contributed by atoms with van der Waals surface area (Å²) in [6.45, 7) is 0.746. The monoisotopic (exact) mass is 288 g/mol. The van der Waals surface area contributed by atoms with Crippen LogP contribution in [0.3, 0.4) is 0 Å². The van der Waals surface area contributed by atoms with Crippen LogP contribution >= 0.6 is 0 Å². The zero-order valence-electron chi connectivity index (χ0n) is 11.3. The van der Waals surface area contributed by atoms with Gasteiger partial charge in [-0.1, -0.05) is 18.2 Å². The van der Waals surface area contributed by atoms with Crippen LogP contribution in [0.25, 0.3) is 0 Å². The van der Waals surface area contributed by atoms with Gasteiger partial charge in [0.25, 0.3) is 0 Å². The molecule has 0 saturated heterocycles. The van der Waals surface area contributed by atoms with Gasteiger partial charge in [0.2, 0.25) is 0 Å². The van der Waals surface area contributed by atoms with E-state index in [1.807, 2.05) is 0 Å². The lowest BCUT2D eigenvalue weighted by molar-refractivity contribution is 0.0695. The summed E-state index contributed by atoms with van der Waals surface area (Å²) in [6, 6.07) is 6.45. The van der Waals surface area contributed by atoms with E-state index in [1.54, 1.807) is 36.7 Å². The third kappa shape index (κ3) is 4.34. The van der Waals surface area contributed by atoms with E-state index in [-0.39, 0.29) is 11.6 Å². The number of aromatic nitrogens is 2. The molecule has 2 amide bonds. The van der Waals surface area contributed by atoms with Gasteiger partial charge < -0.3 is 15.7 Å². The molecule has 110 valence electrons. The fraction of sp³-hybridized carbons (Fsp3) is 0.214. The van der Waals surface area contributed by atoms with Crippen molar-refractivity contribution in [3.63, 3.8) is 0 Å². The highest BCUT2D eigenvalue weighted by Gasteiger charge is 2.09. The number of carboxylic acid groups (broad SMARTS) is 1. The zero-order chi connectivity index (χ0) is 15.1. The van der Waals surface area contributed by atoms with Crippen molar-refractivity contribution in [1.82, 2.24) is 20.8 Å². The first-order valence-electron chi connectivity index (χ1n) is 6.47. The van der Waals surface area contributed by atoms with Gasteiger partial charge in [-0.3, -0.25) is 5.10 Å². The minimum atomic E-state index is -0.963. The molecule has 4 N–H and O–H groups in total. The molecule has 0 bridgehead atoms. The highest BCUT2D eigenvalue weighted by Crippen LogP contribution is 2.08. The maximum absolute atomic E-state index is 11.6. The van der Waals surface area contributed by atoms with Gasteiger partial charge in [0.1, 0.15) is 0 Å². The minimum absolute atomic E-state index is 0.262. The number of carbonyl (C=O) groups is 2. The van der Waals surface area contributed by atoms with Crippen molar-refractivity contribution < 1.29 is 14.7 Å². The quantitative estimate of drug-likeness (QED) is 0.639. The Bertz CT molecular complexity index is 610. The largest absolute Gasteiger partial charge is 0.478 e. The molecule has 2 rings (SSSR count). The second-order valence-electron chi connectivity index (χ2n) is 4.43. The van der Waals surface area contributed by atoms with Gasteiger partial charge in [-0.15, -0.1) is 0 Å². The van der Waals surface area contributed by atoms with Gasteiger partial charge in [0.15, 0.2) is 0 Å². The summed E-state index contributed by atoms with van der Waals surface area (Å²) >= 11 is 0. The van der Waals surface area contributed by atoms with Crippen molar-refractivity contribution in [2.75, 3.05) is 6.54 Å². The first-order chi connectivity index (χ1) is 10.2. The number of aromatic carboxylic acids is 1. The minimum Gasteiger partial charge on any atom is -0.478 e. The lowest BCUT2D eigenvalue weighted by atomic mass is 10.0. The zero-order valence-corrected chi connectivity index (χ0v) is 11.3. The van der Waals surface area contributed by atoms with Crippen LogP contribution in [0.5, 0.6) is 0 Å². The van der Waals surface area contributed by atoms with Gasteiger partial charge in [-0.2, -0.15) is 5.10 Å². The molecule has 0 aliphatic carbocycles. The van der Waals surface area contributed by atoms with Crippen molar-refractivity contribution in [3.05, 3.63) is 53.3 Å². The fourth-order valence-corrected chi connectivity index (χ4v) is 1.88. The number of H-pyrrole nitrogens is 1. The van der Waals surface area contributed by atoms with Crippen molar-refractivity contribution in [1.29, 1.82) is 0 Å². The molecule has 0 aliphatic heterocycles. The normalized spacial score (nSPS) is 10.1. The molecular formula is C14H16N4O3. The Morgan fingerprint density at radius 1 is 1.24 bits per heavy atom. The Morgan fingerprint density at radius 3 is 2.76 bits per heavy atom. The molecule has 0 unspecified atom stereocenters. The number of aromatic amines is 1. The lowest BCUT2D eigenvalue weighted by Crippen LogP contribution is -2.36. The van der Waals surface area contributed by atoms with Gasteiger partial charge >= 0.3 is 12.0 Å². The third-order valence-corrected chi connectivity index (χ3v) is 2.94. The Labute approximate surface area is 121 Å². The number of benzene rings is 1. The van der Waals surface area contributed by atoms with Crippen LogP contribution in [0, 0.1) is 0 Å². The molecule has 7 heteroatoms. The van der Waals surface area contributed by atoms with Crippen LogP contribution in [0.2, 0.25) is 0 Å². The molecule has 1 heterocycles.